The van der Waals surface area contributed by atoms with Gasteiger partial charge in [0.2, 0.25) is 0 Å². The Morgan fingerprint density at radius 3 is 2.39 bits per heavy atom. The van der Waals surface area contributed by atoms with Crippen LogP contribution in [0, 0.1) is 5.82 Å². The fourth-order valence-corrected chi connectivity index (χ4v) is 3.23. The van der Waals surface area contributed by atoms with Crippen molar-refractivity contribution in [1.82, 2.24) is 9.88 Å². The molecule has 3 nitrogen and oxygen atoms in total. The number of carbonyl (C=O) groups excluding carboxylic acids is 1. The molecule has 3 rings (SSSR count). The predicted octanol–water partition coefficient (Wildman–Crippen LogP) is 3.85. The molecule has 0 N–H and O–H groups in total. The predicted molar refractivity (Wildman–Crippen MR) is 87.6 cm³/mol. The highest BCUT2D eigenvalue weighted by Crippen LogP contribution is 2.25. The molecule has 0 spiro atoms. The van der Waals surface area contributed by atoms with Gasteiger partial charge in [0.25, 0.3) is 5.91 Å². The van der Waals surface area contributed by atoms with Crippen LogP contribution in [0.1, 0.15) is 41.6 Å². The van der Waals surface area contributed by atoms with E-state index in [1.807, 2.05) is 4.90 Å². The van der Waals surface area contributed by atoms with E-state index in [1.54, 1.807) is 36.7 Å². The summed E-state index contributed by atoms with van der Waals surface area (Å²) in [5, 5.41) is 0. The number of hydrogen-bond donors (Lipinski definition) is 0. The monoisotopic (exact) mass is 312 g/mol. The van der Waals surface area contributed by atoms with Gasteiger partial charge in [0.05, 0.1) is 0 Å². The molecule has 1 aliphatic carbocycles. The molecule has 1 aliphatic rings. The Morgan fingerprint density at radius 2 is 1.74 bits per heavy atom. The van der Waals surface area contributed by atoms with E-state index in [2.05, 4.69) is 4.98 Å². The number of aromatic nitrogens is 1. The lowest BCUT2D eigenvalue weighted by molar-refractivity contribution is 0.0684. The summed E-state index contributed by atoms with van der Waals surface area (Å²) in [4.78, 5) is 18.8. The standard InChI is InChI=1S/C19H21FN2O/c20-17-7-5-15(6-8-17)11-14-22(18-3-1-2-4-18)19(23)16-9-12-21-13-10-16/h5-10,12-13,18H,1-4,11,14H2. The van der Waals surface area contributed by atoms with E-state index >= 15 is 0 Å². The first-order valence-corrected chi connectivity index (χ1v) is 8.19. The summed E-state index contributed by atoms with van der Waals surface area (Å²) in [7, 11) is 0. The smallest absolute Gasteiger partial charge is 0.254 e. The number of pyridine rings is 1. The van der Waals surface area contributed by atoms with E-state index in [9.17, 15) is 9.18 Å². The molecule has 1 amide bonds. The molecule has 0 saturated heterocycles. The van der Waals surface area contributed by atoms with Crippen molar-refractivity contribution in [1.29, 1.82) is 0 Å². The zero-order valence-electron chi connectivity index (χ0n) is 13.1. The van der Waals surface area contributed by atoms with Gasteiger partial charge in [0.15, 0.2) is 0 Å². The first kappa shape index (κ1) is 15.7. The molecule has 1 heterocycles. The lowest BCUT2D eigenvalue weighted by atomic mass is 10.1. The lowest BCUT2D eigenvalue weighted by Gasteiger charge is -2.29. The largest absolute Gasteiger partial charge is 0.335 e. The molecule has 1 fully saturated rings. The normalized spacial score (nSPS) is 14.8. The molecule has 0 bridgehead atoms. The molecule has 0 unspecified atom stereocenters. The molecule has 120 valence electrons. The van der Waals surface area contributed by atoms with E-state index in [4.69, 9.17) is 0 Å². The minimum absolute atomic E-state index is 0.0708. The first-order valence-electron chi connectivity index (χ1n) is 8.19. The molecular formula is C19H21FN2O. The average Bonchev–Trinajstić information content (AvgIpc) is 3.12. The third kappa shape index (κ3) is 3.95. The van der Waals surface area contributed by atoms with Gasteiger partial charge in [-0.05, 0) is 49.1 Å². The van der Waals surface area contributed by atoms with Crippen molar-refractivity contribution in [2.45, 2.75) is 38.1 Å². The summed E-state index contributed by atoms with van der Waals surface area (Å²) in [6, 6.07) is 10.4. The van der Waals surface area contributed by atoms with Crippen LogP contribution in [0.5, 0.6) is 0 Å². The minimum atomic E-state index is -0.228. The first-order chi connectivity index (χ1) is 11.2. The van der Waals surface area contributed by atoms with Crippen LogP contribution in [0.25, 0.3) is 0 Å². The number of nitrogens with zero attached hydrogens (tertiary/aromatic N) is 2. The summed E-state index contributed by atoms with van der Waals surface area (Å²) >= 11 is 0. The van der Waals surface area contributed by atoms with Crippen LogP contribution in [0.15, 0.2) is 48.8 Å². The Hall–Kier alpha value is -2.23. The number of carbonyl (C=O) groups is 1. The summed E-state index contributed by atoms with van der Waals surface area (Å²) in [6.45, 7) is 0.664. The fraction of sp³-hybridized carbons (Fsp3) is 0.368. The van der Waals surface area contributed by atoms with Crippen molar-refractivity contribution in [2.24, 2.45) is 0 Å². The Balaban J connectivity index is 1.73. The summed E-state index contributed by atoms with van der Waals surface area (Å²) in [6.07, 6.45) is 8.55. The second-order valence-electron chi connectivity index (χ2n) is 6.05. The van der Waals surface area contributed by atoms with Crippen molar-refractivity contribution in [3.63, 3.8) is 0 Å². The molecule has 0 aliphatic heterocycles. The van der Waals surface area contributed by atoms with Crippen molar-refractivity contribution in [3.8, 4) is 0 Å². The van der Waals surface area contributed by atoms with Gasteiger partial charge in [0, 0.05) is 30.5 Å². The Kier molecular flexibility index (Phi) is 5.01. The van der Waals surface area contributed by atoms with Gasteiger partial charge in [-0.2, -0.15) is 0 Å². The Morgan fingerprint density at radius 1 is 1.09 bits per heavy atom. The van der Waals surface area contributed by atoms with Gasteiger partial charge in [-0.1, -0.05) is 25.0 Å². The zero-order chi connectivity index (χ0) is 16.1. The van der Waals surface area contributed by atoms with E-state index in [-0.39, 0.29) is 11.7 Å². The molecular weight excluding hydrogens is 291 g/mol. The highest BCUT2D eigenvalue weighted by Gasteiger charge is 2.27. The zero-order valence-corrected chi connectivity index (χ0v) is 13.1. The average molecular weight is 312 g/mol. The number of hydrogen-bond acceptors (Lipinski definition) is 2. The molecule has 2 aromatic rings. The third-order valence-electron chi connectivity index (χ3n) is 4.51. The number of halogens is 1. The van der Waals surface area contributed by atoms with Gasteiger partial charge in [0.1, 0.15) is 5.82 Å². The van der Waals surface area contributed by atoms with Crippen LogP contribution in [0.4, 0.5) is 4.39 Å². The minimum Gasteiger partial charge on any atom is -0.335 e. The van der Waals surface area contributed by atoms with Gasteiger partial charge < -0.3 is 4.90 Å². The SMILES string of the molecule is O=C(c1ccncc1)N(CCc1ccc(F)cc1)C1CCCC1. The second kappa shape index (κ2) is 7.36. The molecule has 1 saturated carbocycles. The third-order valence-corrected chi connectivity index (χ3v) is 4.51. The van der Waals surface area contributed by atoms with Crippen LogP contribution in [-0.4, -0.2) is 28.4 Å². The topological polar surface area (TPSA) is 33.2 Å². The lowest BCUT2D eigenvalue weighted by Crippen LogP contribution is -2.40. The van der Waals surface area contributed by atoms with Crippen LogP contribution >= 0.6 is 0 Å². The second-order valence-corrected chi connectivity index (χ2v) is 6.05. The van der Waals surface area contributed by atoms with Crippen LogP contribution in [-0.2, 0) is 6.42 Å². The highest BCUT2D eigenvalue weighted by molar-refractivity contribution is 5.94. The van der Waals surface area contributed by atoms with Gasteiger partial charge in [-0.15, -0.1) is 0 Å². The van der Waals surface area contributed by atoms with Gasteiger partial charge in [-0.25, -0.2) is 4.39 Å². The summed E-state index contributed by atoms with van der Waals surface area (Å²) in [5.74, 6) is -0.157. The molecule has 23 heavy (non-hydrogen) atoms. The van der Waals surface area contributed by atoms with Crippen molar-refractivity contribution < 1.29 is 9.18 Å². The fourth-order valence-electron chi connectivity index (χ4n) is 3.23. The van der Waals surface area contributed by atoms with E-state index in [0.29, 0.717) is 18.2 Å². The van der Waals surface area contributed by atoms with Crippen LogP contribution in [0.3, 0.4) is 0 Å². The quantitative estimate of drug-likeness (QED) is 0.840. The van der Waals surface area contributed by atoms with E-state index in [0.717, 1.165) is 24.8 Å². The highest BCUT2D eigenvalue weighted by atomic mass is 19.1. The van der Waals surface area contributed by atoms with Crippen molar-refractivity contribution in [3.05, 3.63) is 65.7 Å². The molecule has 1 aromatic carbocycles. The maximum absolute atomic E-state index is 13.0. The van der Waals surface area contributed by atoms with Gasteiger partial charge >= 0.3 is 0 Å². The Bertz CT molecular complexity index is 636. The van der Waals surface area contributed by atoms with E-state index in [1.165, 1.54) is 25.0 Å². The van der Waals surface area contributed by atoms with Crippen molar-refractivity contribution >= 4 is 5.91 Å². The Labute approximate surface area is 136 Å². The van der Waals surface area contributed by atoms with Crippen LogP contribution in [0.2, 0.25) is 0 Å². The van der Waals surface area contributed by atoms with Gasteiger partial charge in [-0.3, -0.25) is 9.78 Å². The summed E-state index contributed by atoms with van der Waals surface area (Å²) in [5.41, 5.74) is 1.74. The van der Waals surface area contributed by atoms with Crippen molar-refractivity contribution in [2.75, 3.05) is 6.54 Å². The molecule has 4 heteroatoms. The molecule has 0 radical (unpaired) electrons. The number of amides is 1. The molecule has 1 aromatic heterocycles. The number of benzene rings is 1. The van der Waals surface area contributed by atoms with Crippen LogP contribution < -0.4 is 0 Å². The maximum Gasteiger partial charge on any atom is 0.254 e. The van der Waals surface area contributed by atoms with E-state index < -0.39 is 0 Å². The summed E-state index contributed by atoms with van der Waals surface area (Å²) < 4.78 is 13.0. The number of rotatable bonds is 5. The molecule has 0 atom stereocenters. The maximum atomic E-state index is 13.0.